The quantitative estimate of drug-likeness (QED) is 0.0725. The number of fused-ring (bicyclic) bond motifs is 2. The third-order valence-corrected chi connectivity index (χ3v) is 9.78. The van der Waals surface area contributed by atoms with Gasteiger partial charge in [0.15, 0.2) is 0 Å². The molecule has 3 aliphatic rings. The Labute approximate surface area is 396 Å². The SMILES string of the molecule is CC1(C)OB(c2ccccc2C=O)OC1(C)C.Cc1ccccc1C=O.O=Cc1ccccc1B(O)O.OB1OCc2ccccc21.OB1OCc2ccccc21.[Na+].[O-][I+3]([O-])([O-])[O-]. The number of aryl methyl sites for hydroxylation is 1. The summed E-state index contributed by atoms with van der Waals surface area (Å²) in [7, 11) is -3.44. The van der Waals surface area contributed by atoms with Crippen molar-refractivity contribution in [3.05, 3.63) is 155 Å². The molecule has 5 aromatic rings. The van der Waals surface area contributed by atoms with Crippen molar-refractivity contribution in [1.29, 1.82) is 0 Å². The van der Waals surface area contributed by atoms with E-state index in [0.717, 1.165) is 51.2 Å². The van der Waals surface area contributed by atoms with Crippen molar-refractivity contribution in [3.8, 4) is 0 Å². The maximum absolute atomic E-state index is 11.0. The maximum Gasteiger partial charge on any atom is 1.00 e. The Bertz CT molecular complexity index is 2140. The zero-order valence-electron chi connectivity index (χ0n) is 35.7. The van der Waals surface area contributed by atoms with E-state index in [1.807, 2.05) is 126 Å². The maximum atomic E-state index is 11.0. The molecule has 0 unspecified atom stereocenters. The van der Waals surface area contributed by atoms with Crippen molar-refractivity contribution in [1.82, 2.24) is 0 Å². The van der Waals surface area contributed by atoms with Crippen molar-refractivity contribution in [3.63, 3.8) is 0 Å². The molecule has 0 saturated carbocycles. The molecular formula is C42H46B4INaO15. The minimum atomic E-state index is -5.94. The Hall–Kier alpha value is -3.38. The van der Waals surface area contributed by atoms with Crippen LogP contribution < -0.4 is 85.2 Å². The molecule has 3 heterocycles. The number of carbonyl (C=O) groups is 3. The van der Waals surface area contributed by atoms with Gasteiger partial charge < -0.3 is 38.7 Å². The molecule has 0 atom stereocenters. The van der Waals surface area contributed by atoms with Crippen LogP contribution in [-0.4, -0.2) is 78.6 Å². The summed E-state index contributed by atoms with van der Waals surface area (Å²) in [5.74, 6) is 0. The van der Waals surface area contributed by atoms with Crippen LogP contribution in [0.15, 0.2) is 121 Å². The van der Waals surface area contributed by atoms with Gasteiger partial charge in [0.1, 0.15) is 39.0 Å². The normalized spacial score (nSPS) is 14.6. The summed E-state index contributed by atoms with van der Waals surface area (Å²) in [6.45, 7) is 11.0. The van der Waals surface area contributed by atoms with Gasteiger partial charge in [-0.3, -0.25) is 28.1 Å². The molecule has 21 heteroatoms. The van der Waals surface area contributed by atoms with Gasteiger partial charge in [0.25, 0.3) is 0 Å². The van der Waals surface area contributed by atoms with E-state index in [4.69, 9.17) is 52.5 Å². The van der Waals surface area contributed by atoms with Crippen LogP contribution in [0.1, 0.15) is 75.5 Å². The third kappa shape index (κ3) is 17.8. The van der Waals surface area contributed by atoms with E-state index in [2.05, 4.69) is 0 Å². The largest absolute Gasteiger partial charge is 1.00 e. The first-order valence-corrected chi connectivity index (χ1v) is 22.4. The second kappa shape index (κ2) is 26.5. The van der Waals surface area contributed by atoms with Crippen molar-refractivity contribution in [2.24, 2.45) is 0 Å². The van der Waals surface area contributed by atoms with Gasteiger partial charge in [-0.15, -0.1) is 0 Å². The number of hydrogen-bond donors (Lipinski definition) is 4. The van der Waals surface area contributed by atoms with E-state index in [1.165, 1.54) is 12.1 Å². The molecular weight excluding hydrogens is 938 g/mol. The molecule has 0 radical (unpaired) electrons. The molecule has 3 aliphatic heterocycles. The predicted molar refractivity (Wildman–Crippen MR) is 223 cm³/mol. The first-order valence-electron chi connectivity index (χ1n) is 18.9. The van der Waals surface area contributed by atoms with Crippen LogP contribution in [0.4, 0.5) is 0 Å². The van der Waals surface area contributed by atoms with Crippen LogP contribution >= 0.6 is 0 Å². The molecule has 0 aliphatic carbocycles. The van der Waals surface area contributed by atoms with E-state index in [1.54, 1.807) is 18.2 Å². The summed E-state index contributed by atoms with van der Waals surface area (Å²) in [5, 5.41) is 35.8. The summed E-state index contributed by atoms with van der Waals surface area (Å²) in [6, 6.07) is 36.6. The van der Waals surface area contributed by atoms with E-state index in [-0.39, 0.29) is 46.2 Å². The monoisotopic (exact) mass is 984 g/mol. The minimum absolute atomic E-state index is 0. The molecule has 0 spiro atoms. The number of aldehydes is 3. The van der Waals surface area contributed by atoms with Gasteiger partial charge in [-0.05, 0) is 73.2 Å². The van der Waals surface area contributed by atoms with Gasteiger partial charge >= 0.3 is 58.0 Å². The van der Waals surface area contributed by atoms with E-state index < -0.39 is 48.6 Å². The fraction of sp³-hybridized carbons (Fsp3) is 0.214. The first-order chi connectivity index (χ1) is 29.2. The van der Waals surface area contributed by atoms with E-state index in [9.17, 15) is 14.4 Å². The summed E-state index contributed by atoms with van der Waals surface area (Å²) in [6.07, 6.45) is 2.30. The molecule has 0 amide bonds. The minimum Gasteiger partial charge on any atom is -0.423 e. The van der Waals surface area contributed by atoms with Gasteiger partial charge in [-0.25, -0.2) is 0 Å². The number of rotatable bonds is 5. The average molecular weight is 984 g/mol. The zero-order chi connectivity index (χ0) is 46.1. The van der Waals surface area contributed by atoms with Gasteiger partial charge in [-0.1, -0.05) is 121 Å². The van der Waals surface area contributed by atoms with E-state index >= 15 is 0 Å². The fourth-order valence-electron chi connectivity index (χ4n) is 5.71. The first kappa shape index (κ1) is 55.8. The van der Waals surface area contributed by atoms with Crippen LogP contribution in [0.25, 0.3) is 0 Å². The summed E-state index contributed by atoms with van der Waals surface area (Å²) >= 11 is -5.94. The number of hydrogen-bond acceptors (Lipinski definition) is 15. The van der Waals surface area contributed by atoms with Crippen molar-refractivity contribution in [2.45, 2.75) is 59.0 Å². The van der Waals surface area contributed by atoms with Gasteiger partial charge in [0.05, 0.1) is 24.4 Å². The zero-order valence-corrected chi connectivity index (χ0v) is 39.8. The second-order valence-corrected chi connectivity index (χ2v) is 16.7. The Morgan fingerprint density at radius 3 is 1.29 bits per heavy atom. The third-order valence-electron chi connectivity index (χ3n) is 9.78. The van der Waals surface area contributed by atoms with Crippen LogP contribution in [0.2, 0.25) is 0 Å². The fourth-order valence-corrected chi connectivity index (χ4v) is 5.71. The molecule has 5 aromatic carbocycles. The Balaban J connectivity index is 0.000000267. The molecule has 0 aromatic heterocycles. The van der Waals surface area contributed by atoms with Crippen LogP contribution in [0, 0.1) is 6.92 Å². The topological polar surface area (TPSA) is 261 Å². The standard InChI is InChI=1S/C13H17BO3.C8H8O.C7H7BO3.2C7H7BO2.IO4.Na/c1-12(2)13(3,4)17-14(16-12)11-8-6-5-7-10(11)9-15;1-7-4-2-3-5-8(7)6-9;9-5-6-3-1-2-4-7(6)8(10)11;2*9-8-7-4-2-1-3-6(7)5-10-8;2-1(3,4)5;/h5-9H,1-4H3;2-6H,1H3;1-5,10-11H;2*1-4,9H,5H2;;/q;;;;;-1;+1. The van der Waals surface area contributed by atoms with Gasteiger partial charge in [0.2, 0.25) is 0 Å². The number of benzene rings is 5. The molecule has 1 saturated heterocycles. The van der Waals surface area contributed by atoms with Crippen LogP contribution in [0.5, 0.6) is 0 Å². The van der Waals surface area contributed by atoms with Crippen molar-refractivity contribution < 1.29 is 116 Å². The molecule has 1 fully saturated rings. The summed E-state index contributed by atoms with van der Waals surface area (Å²) in [5.41, 5.74) is 7.00. The van der Waals surface area contributed by atoms with Crippen LogP contribution in [-0.2, 0) is 31.8 Å². The van der Waals surface area contributed by atoms with E-state index in [0.29, 0.717) is 30.6 Å². The smallest absolute Gasteiger partial charge is 0.423 e. The Morgan fingerprint density at radius 1 is 0.571 bits per heavy atom. The molecule has 8 rings (SSSR count). The average Bonchev–Trinajstić information content (AvgIpc) is 3.89. The van der Waals surface area contributed by atoms with Crippen LogP contribution in [0.3, 0.4) is 0 Å². The van der Waals surface area contributed by atoms with Crippen molar-refractivity contribution >= 4 is 69.2 Å². The number of carbonyl (C=O) groups excluding carboxylic acids is 3. The molecule has 63 heavy (non-hydrogen) atoms. The second-order valence-electron chi connectivity index (χ2n) is 14.5. The van der Waals surface area contributed by atoms with Gasteiger partial charge in [0, 0.05) is 16.7 Å². The van der Waals surface area contributed by atoms with Crippen molar-refractivity contribution in [2.75, 3.05) is 0 Å². The summed E-state index contributed by atoms with van der Waals surface area (Å²) < 4.78 is 56.3. The Kier molecular flexibility index (Phi) is 23.5. The molecule has 0 bridgehead atoms. The number of halogens is 1. The predicted octanol–water partition coefficient (Wildman–Crippen LogP) is -8.15. The Morgan fingerprint density at radius 2 is 0.921 bits per heavy atom. The molecule has 4 N–H and O–H groups in total. The van der Waals surface area contributed by atoms with Gasteiger partial charge in [-0.2, -0.15) is 0 Å². The molecule has 15 nitrogen and oxygen atoms in total. The molecule has 324 valence electrons. The summed E-state index contributed by atoms with van der Waals surface area (Å²) in [4.78, 5) is 31.5.